The number of nitrogens with one attached hydrogen (secondary N) is 1. The zero-order valence-corrected chi connectivity index (χ0v) is 14.2. The second kappa shape index (κ2) is 6.73. The Morgan fingerprint density at radius 1 is 1.12 bits per heavy atom. The van der Waals surface area contributed by atoms with Gasteiger partial charge in [0.1, 0.15) is 0 Å². The summed E-state index contributed by atoms with van der Waals surface area (Å²) in [6.07, 6.45) is 4.51. The minimum atomic E-state index is -0.361. The minimum Gasteiger partial charge on any atom is -0.366 e. The molecule has 2 heterocycles. The maximum atomic E-state index is 11.3. The Hall–Kier alpha value is -2.59. The van der Waals surface area contributed by atoms with E-state index in [-0.39, 0.29) is 5.91 Å². The number of piperidine rings is 1. The van der Waals surface area contributed by atoms with Crippen molar-refractivity contribution in [1.82, 2.24) is 9.88 Å². The number of nitrogens with zero attached hydrogens (tertiary/aromatic N) is 1. The van der Waals surface area contributed by atoms with Gasteiger partial charge in [-0.1, -0.05) is 30.3 Å². The molecule has 2 aromatic carbocycles. The predicted octanol–water partition coefficient (Wildman–Crippen LogP) is 3.65. The number of primary amides is 1. The Morgan fingerprint density at radius 3 is 2.72 bits per heavy atom. The molecule has 4 rings (SSSR count). The molecule has 0 bridgehead atoms. The van der Waals surface area contributed by atoms with Crippen molar-refractivity contribution in [2.24, 2.45) is 5.73 Å². The average molecular weight is 333 g/mol. The first kappa shape index (κ1) is 15.9. The number of aromatic amines is 1. The molecule has 1 amide bonds. The molecular weight excluding hydrogens is 310 g/mol. The SMILES string of the molecule is NC(=O)c1cccc(CN2CCC(c3c[nH]c4ccccc34)CC2)c1. The van der Waals surface area contributed by atoms with Crippen LogP contribution in [0.2, 0.25) is 0 Å². The van der Waals surface area contributed by atoms with Crippen molar-refractivity contribution >= 4 is 16.8 Å². The van der Waals surface area contributed by atoms with Crippen LogP contribution in [-0.2, 0) is 6.54 Å². The third-order valence-electron chi connectivity index (χ3n) is 5.27. The molecular formula is C21H23N3O. The highest BCUT2D eigenvalue weighted by molar-refractivity contribution is 5.92. The summed E-state index contributed by atoms with van der Waals surface area (Å²) in [4.78, 5) is 17.2. The topological polar surface area (TPSA) is 62.1 Å². The quantitative estimate of drug-likeness (QED) is 0.765. The highest BCUT2D eigenvalue weighted by atomic mass is 16.1. The van der Waals surface area contributed by atoms with Crippen LogP contribution >= 0.6 is 0 Å². The number of hydrogen-bond acceptors (Lipinski definition) is 2. The lowest BCUT2D eigenvalue weighted by molar-refractivity contribution is 0.1000. The molecule has 0 spiro atoms. The fourth-order valence-corrected chi connectivity index (χ4v) is 3.91. The van der Waals surface area contributed by atoms with Gasteiger partial charge in [-0.25, -0.2) is 0 Å². The summed E-state index contributed by atoms with van der Waals surface area (Å²) in [5.74, 6) is 0.254. The van der Waals surface area contributed by atoms with Crippen molar-refractivity contribution in [2.75, 3.05) is 13.1 Å². The molecule has 3 aromatic rings. The number of amides is 1. The largest absolute Gasteiger partial charge is 0.366 e. The summed E-state index contributed by atoms with van der Waals surface area (Å²) >= 11 is 0. The summed E-state index contributed by atoms with van der Waals surface area (Å²) in [7, 11) is 0. The number of carbonyl (C=O) groups excluding carboxylic acids is 1. The number of nitrogens with two attached hydrogens (primary N) is 1. The van der Waals surface area contributed by atoms with Crippen LogP contribution in [0.5, 0.6) is 0 Å². The molecule has 0 saturated carbocycles. The first-order valence-corrected chi connectivity index (χ1v) is 8.88. The van der Waals surface area contributed by atoms with E-state index in [1.807, 2.05) is 12.1 Å². The molecule has 1 saturated heterocycles. The first-order valence-electron chi connectivity index (χ1n) is 8.88. The van der Waals surface area contributed by atoms with E-state index in [9.17, 15) is 4.79 Å². The Balaban J connectivity index is 1.42. The molecule has 0 unspecified atom stereocenters. The van der Waals surface area contributed by atoms with Crippen molar-refractivity contribution in [2.45, 2.75) is 25.3 Å². The van der Waals surface area contributed by atoms with Gasteiger partial charge in [0.25, 0.3) is 0 Å². The van der Waals surface area contributed by atoms with E-state index >= 15 is 0 Å². The van der Waals surface area contributed by atoms with Gasteiger partial charge in [-0.05, 0) is 61.2 Å². The van der Waals surface area contributed by atoms with Crippen molar-refractivity contribution in [1.29, 1.82) is 0 Å². The summed E-state index contributed by atoms with van der Waals surface area (Å²) in [6, 6.07) is 16.2. The van der Waals surface area contributed by atoms with Crippen LogP contribution in [0.4, 0.5) is 0 Å². The van der Waals surface area contributed by atoms with E-state index in [1.54, 1.807) is 6.07 Å². The van der Waals surface area contributed by atoms with Crippen LogP contribution in [0, 0.1) is 0 Å². The van der Waals surface area contributed by atoms with Crippen molar-refractivity contribution in [3.8, 4) is 0 Å². The van der Waals surface area contributed by atoms with Crippen LogP contribution in [0.15, 0.2) is 54.7 Å². The van der Waals surface area contributed by atoms with Gasteiger partial charge in [0.2, 0.25) is 5.91 Å². The van der Waals surface area contributed by atoms with Crippen LogP contribution in [-0.4, -0.2) is 28.9 Å². The smallest absolute Gasteiger partial charge is 0.248 e. The van der Waals surface area contributed by atoms with Gasteiger partial charge in [-0.2, -0.15) is 0 Å². The summed E-state index contributed by atoms with van der Waals surface area (Å²) in [5, 5.41) is 1.36. The number of para-hydroxylation sites is 1. The molecule has 0 radical (unpaired) electrons. The highest BCUT2D eigenvalue weighted by Crippen LogP contribution is 2.33. The molecule has 1 aliphatic heterocycles. The van der Waals surface area contributed by atoms with E-state index in [1.165, 1.54) is 16.5 Å². The molecule has 0 atom stereocenters. The van der Waals surface area contributed by atoms with Gasteiger partial charge >= 0.3 is 0 Å². The molecule has 25 heavy (non-hydrogen) atoms. The third-order valence-corrected chi connectivity index (χ3v) is 5.27. The zero-order valence-electron chi connectivity index (χ0n) is 14.2. The van der Waals surface area contributed by atoms with Gasteiger partial charge in [-0.15, -0.1) is 0 Å². The van der Waals surface area contributed by atoms with Gasteiger partial charge < -0.3 is 10.7 Å². The molecule has 3 N–H and O–H groups in total. The van der Waals surface area contributed by atoms with Gasteiger partial charge in [-0.3, -0.25) is 9.69 Å². The maximum absolute atomic E-state index is 11.3. The summed E-state index contributed by atoms with van der Waals surface area (Å²) < 4.78 is 0. The summed E-state index contributed by atoms with van der Waals surface area (Å²) in [5.41, 5.74) is 9.80. The third kappa shape index (κ3) is 3.30. The second-order valence-electron chi connectivity index (χ2n) is 6.90. The molecule has 128 valence electrons. The van der Waals surface area contributed by atoms with E-state index in [0.717, 1.165) is 38.0 Å². The maximum Gasteiger partial charge on any atom is 0.248 e. The molecule has 1 aromatic heterocycles. The number of rotatable bonds is 4. The molecule has 0 aliphatic carbocycles. The van der Waals surface area contributed by atoms with Crippen molar-refractivity contribution in [3.05, 3.63) is 71.4 Å². The first-order chi connectivity index (χ1) is 12.2. The van der Waals surface area contributed by atoms with Gasteiger partial charge in [0.15, 0.2) is 0 Å². The fraction of sp³-hybridized carbons (Fsp3) is 0.286. The van der Waals surface area contributed by atoms with Gasteiger partial charge in [0, 0.05) is 29.2 Å². The molecule has 4 nitrogen and oxygen atoms in total. The monoisotopic (exact) mass is 333 g/mol. The molecule has 1 fully saturated rings. The van der Waals surface area contributed by atoms with E-state index in [2.05, 4.69) is 46.4 Å². The number of fused-ring (bicyclic) bond motifs is 1. The number of hydrogen-bond donors (Lipinski definition) is 2. The second-order valence-corrected chi connectivity index (χ2v) is 6.90. The standard InChI is InChI=1S/C21H23N3O/c22-21(25)17-5-3-4-15(12-17)14-24-10-8-16(9-11-24)19-13-23-20-7-2-1-6-18(19)20/h1-7,12-13,16,23H,8-11,14H2,(H2,22,25). The number of aromatic nitrogens is 1. The Kier molecular flexibility index (Phi) is 4.28. The Labute approximate surface area is 147 Å². The van der Waals surface area contributed by atoms with Crippen LogP contribution in [0.1, 0.15) is 40.2 Å². The van der Waals surface area contributed by atoms with E-state index < -0.39 is 0 Å². The number of H-pyrrole nitrogens is 1. The molecule has 4 heteroatoms. The summed E-state index contributed by atoms with van der Waals surface area (Å²) in [6.45, 7) is 3.03. The molecule has 1 aliphatic rings. The fourth-order valence-electron chi connectivity index (χ4n) is 3.91. The van der Waals surface area contributed by atoms with E-state index in [4.69, 9.17) is 5.73 Å². The number of benzene rings is 2. The van der Waals surface area contributed by atoms with Crippen LogP contribution in [0.3, 0.4) is 0 Å². The predicted molar refractivity (Wildman–Crippen MR) is 101 cm³/mol. The normalized spacial score (nSPS) is 16.3. The average Bonchev–Trinajstić information content (AvgIpc) is 3.07. The van der Waals surface area contributed by atoms with Crippen molar-refractivity contribution < 1.29 is 4.79 Å². The van der Waals surface area contributed by atoms with Crippen LogP contribution in [0.25, 0.3) is 10.9 Å². The van der Waals surface area contributed by atoms with E-state index in [0.29, 0.717) is 11.5 Å². The lowest BCUT2D eigenvalue weighted by Crippen LogP contribution is -2.32. The Bertz CT molecular complexity index is 891. The van der Waals surface area contributed by atoms with Crippen molar-refractivity contribution in [3.63, 3.8) is 0 Å². The lowest BCUT2D eigenvalue weighted by Gasteiger charge is -2.32. The minimum absolute atomic E-state index is 0.361. The Morgan fingerprint density at radius 2 is 1.92 bits per heavy atom. The zero-order chi connectivity index (χ0) is 17.2. The highest BCUT2D eigenvalue weighted by Gasteiger charge is 2.22. The van der Waals surface area contributed by atoms with Gasteiger partial charge in [0.05, 0.1) is 0 Å². The lowest BCUT2D eigenvalue weighted by atomic mass is 9.89. The number of likely N-dealkylation sites (tertiary alicyclic amines) is 1. The van der Waals surface area contributed by atoms with Crippen LogP contribution < -0.4 is 5.73 Å². The number of carbonyl (C=O) groups is 1.